The van der Waals surface area contributed by atoms with Crippen LogP contribution in [-0.4, -0.2) is 33.4 Å². The average Bonchev–Trinajstić information content (AvgIpc) is 4.07. The lowest BCUT2D eigenvalue weighted by Gasteiger charge is -2.25. The van der Waals surface area contributed by atoms with Gasteiger partial charge in [-0.2, -0.15) is 10.2 Å². The van der Waals surface area contributed by atoms with E-state index in [2.05, 4.69) is 0 Å². The first kappa shape index (κ1) is 35.4. The molecular weight excluding hydrogens is 783 g/mol. The quantitative estimate of drug-likeness (QED) is 0.150. The van der Waals surface area contributed by atoms with Crippen LogP contribution in [0.5, 0.6) is 23.0 Å². The van der Waals surface area contributed by atoms with Gasteiger partial charge < -0.3 is 18.9 Å². The van der Waals surface area contributed by atoms with Crippen LogP contribution in [0.3, 0.4) is 0 Å². The third kappa shape index (κ3) is 6.61. The number of rotatable bonds is 8. The van der Waals surface area contributed by atoms with Crippen molar-refractivity contribution >= 4 is 55.8 Å². The van der Waals surface area contributed by atoms with E-state index < -0.39 is 9.84 Å². The Hall–Kier alpha value is -6.01. The molecule has 57 heavy (non-hydrogen) atoms. The van der Waals surface area contributed by atoms with Crippen LogP contribution in [0.2, 0.25) is 10.0 Å². The van der Waals surface area contributed by atoms with Gasteiger partial charge in [-0.05, 0) is 107 Å². The van der Waals surface area contributed by atoms with E-state index in [1.54, 1.807) is 36.4 Å². The summed E-state index contributed by atoms with van der Waals surface area (Å²) < 4.78 is 51.7. The second-order valence-corrected chi connectivity index (χ2v) is 16.8. The summed E-state index contributed by atoms with van der Waals surface area (Å²) in [5.74, 6) is 2.68. The molecule has 4 aliphatic rings. The summed E-state index contributed by atoms with van der Waals surface area (Å²) in [5, 5.41) is 15.1. The van der Waals surface area contributed by atoms with Gasteiger partial charge in [0.2, 0.25) is 23.4 Å². The first-order chi connectivity index (χ1) is 27.8. The minimum absolute atomic E-state index is 0.135. The summed E-state index contributed by atoms with van der Waals surface area (Å²) in [6.45, 7) is 0.320. The summed E-state index contributed by atoms with van der Waals surface area (Å²) >= 11 is 12.4. The molecule has 0 bridgehead atoms. The number of nitrogens with zero attached hydrogens (tertiary/aromatic N) is 4. The molecule has 0 N–H and O–H groups in total. The first-order valence-corrected chi connectivity index (χ1v) is 20.5. The zero-order valence-corrected chi connectivity index (χ0v) is 32.4. The van der Waals surface area contributed by atoms with E-state index in [4.69, 9.17) is 52.4 Å². The number of hydrogen-bond donors (Lipinski definition) is 0. The van der Waals surface area contributed by atoms with Gasteiger partial charge in [0.1, 0.15) is 0 Å². The monoisotopic (exact) mass is 814 g/mol. The van der Waals surface area contributed by atoms with Crippen molar-refractivity contribution < 1.29 is 27.4 Å². The van der Waals surface area contributed by atoms with Crippen molar-refractivity contribution in [1.82, 2.24) is 0 Å². The molecule has 0 fully saturated rings. The van der Waals surface area contributed by atoms with Crippen LogP contribution in [0, 0.1) is 0 Å². The van der Waals surface area contributed by atoms with Crippen molar-refractivity contribution in [2.75, 3.05) is 23.6 Å². The van der Waals surface area contributed by atoms with Crippen molar-refractivity contribution in [2.24, 2.45) is 10.2 Å². The van der Waals surface area contributed by atoms with Crippen molar-refractivity contribution in [2.45, 2.75) is 34.7 Å². The van der Waals surface area contributed by atoms with E-state index >= 15 is 0 Å². The fraction of sp³-hybridized carbons (Fsp3) is 0.136. The third-order valence-corrected chi connectivity index (χ3v) is 12.8. The van der Waals surface area contributed by atoms with Crippen molar-refractivity contribution in [1.29, 1.82) is 0 Å². The van der Waals surface area contributed by atoms with Crippen LogP contribution < -0.4 is 29.0 Å². The minimum Gasteiger partial charge on any atom is -0.454 e. The van der Waals surface area contributed by atoms with Gasteiger partial charge in [-0.3, -0.25) is 10.0 Å². The lowest BCUT2D eigenvalue weighted by atomic mass is 9.98. The Kier molecular flexibility index (Phi) is 8.81. The number of hydrazone groups is 2. The normalized spacial score (nSPS) is 18.2. The predicted molar refractivity (Wildman–Crippen MR) is 219 cm³/mol. The Bertz CT molecular complexity index is 2550. The fourth-order valence-electron chi connectivity index (χ4n) is 7.61. The van der Waals surface area contributed by atoms with E-state index in [1.165, 1.54) is 0 Å². The third-order valence-electron chi connectivity index (χ3n) is 10.5. The highest BCUT2D eigenvalue weighted by atomic mass is 35.5. The molecule has 6 aromatic rings. The molecule has 6 aromatic carbocycles. The molecule has 0 aromatic heterocycles. The van der Waals surface area contributed by atoms with Crippen LogP contribution in [0.1, 0.15) is 47.2 Å². The molecule has 4 aliphatic heterocycles. The molecule has 0 saturated carbocycles. The minimum atomic E-state index is -4.02. The number of sulfone groups is 1. The number of benzene rings is 6. The first-order valence-electron chi connectivity index (χ1n) is 18.3. The zero-order valence-electron chi connectivity index (χ0n) is 30.1. The van der Waals surface area contributed by atoms with Gasteiger partial charge in [0.25, 0.3) is 0 Å². The molecule has 0 aliphatic carbocycles. The second kappa shape index (κ2) is 14.2. The van der Waals surface area contributed by atoms with E-state index in [-0.39, 0.29) is 35.5 Å². The maximum absolute atomic E-state index is 14.6. The van der Waals surface area contributed by atoms with Gasteiger partial charge in [-0.25, -0.2) is 8.42 Å². The zero-order chi connectivity index (χ0) is 38.7. The van der Waals surface area contributed by atoms with Crippen LogP contribution >= 0.6 is 23.2 Å². The van der Waals surface area contributed by atoms with Crippen LogP contribution in [-0.2, 0) is 9.84 Å². The van der Waals surface area contributed by atoms with E-state index in [1.807, 2.05) is 107 Å². The molecule has 0 amide bonds. The molecule has 284 valence electrons. The molecule has 4 heterocycles. The lowest BCUT2D eigenvalue weighted by molar-refractivity contribution is 0.173. The predicted octanol–water partition coefficient (Wildman–Crippen LogP) is 9.99. The number of hydrogen-bond acceptors (Lipinski definition) is 10. The average molecular weight is 816 g/mol. The molecule has 10 rings (SSSR count). The Morgan fingerprint density at radius 3 is 1.37 bits per heavy atom. The molecular formula is C44H32Cl2N4O6S. The van der Waals surface area contributed by atoms with Gasteiger partial charge in [-0.1, -0.05) is 71.7 Å². The highest BCUT2D eigenvalue weighted by Gasteiger charge is 2.34. The number of fused-ring (bicyclic) bond motifs is 2. The maximum Gasteiger partial charge on any atom is 0.231 e. The van der Waals surface area contributed by atoms with E-state index in [9.17, 15) is 8.42 Å². The van der Waals surface area contributed by atoms with E-state index in [0.717, 1.165) is 33.7 Å². The molecule has 10 nitrogen and oxygen atoms in total. The number of halogens is 2. The maximum atomic E-state index is 14.6. The Morgan fingerprint density at radius 1 is 0.509 bits per heavy atom. The molecule has 13 heteroatoms. The number of ether oxygens (including phenoxy) is 4. The topological polar surface area (TPSA) is 102 Å². The van der Waals surface area contributed by atoms with E-state index in [0.29, 0.717) is 57.3 Å². The molecule has 2 unspecified atom stereocenters. The molecule has 0 spiro atoms. The van der Waals surface area contributed by atoms with Gasteiger partial charge >= 0.3 is 0 Å². The van der Waals surface area contributed by atoms with Gasteiger partial charge in [0.15, 0.2) is 23.0 Å². The van der Waals surface area contributed by atoms with Gasteiger partial charge in [-0.15, -0.1) is 0 Å². The number of anilines is 2. The Labute approximate surface area is 339 Å². The highest BCUT2D eigenvalue weighted by molar-refractivity contribution is 7.91. The highest BCUT2D eigenvalue weighted by Crippen LogP contribution is 2.44. The largest absolute Gasteiger partial charge is 0.454 e. The SMILES string of the molecule is O=S(=O)(c1cccc(N2N=C(c3ccc(Cl)cc3)CC2c2ccc3c(c2)OCO3)c1)c1cccc(N2N=C(c3ccc(Cl)cc3)CC2c2ccc3c(c2)OCO3)c1. The van der Waals surface area contributed by atoms with Crippen LogP contribution in [0.4, 0.5) is 11.4 Å². The van der Waals surface area contributed by atoms with Gasteiger partial charge in [0, 0.05) is 22.9 Å². The summed E-state index contributed by atoms with van der Waals surface area (Å²) in [6.07, 6.45) is 1.14. The summed E-state index contributed by atoms with van der Waals surface area (Å²) in [6, 6.07) is 40.1. The second-order valence-electron chi connectivity index (χ2n) is 14.0. The molecule has 0 saturated heterocycles. The summed E-state index contributed by atoms with van der Waals surface area (Å²) in [4.78, 5) is 0.270. The van der Waals surface area contributed by atoms with Crippen molar-refractivity contribution in [3.05, 3.63) is 166 Å². The van der Waals surface area contributed by atoms with Crippen LogP contribution in [0.25, 0.3) is 0 Å². The molecule has 2 atom stereocenters. The standard InChI is InChI=1S/C44H32Cl2N4O6S/c45-31-13-7-27(8-14-31)37-23-39(29-11-17-41-43(19-29)55-25-53-41)49(47-37)33-3-1-5-35(21-33)57(51,52)36-6-2-4-34(22-36)50-40(30-12-18-42-44(20-30)56-26-54-42)24-38(48-50)28-9-15-32(46)16-10-28/h1-22,39-40H,23-26H2. The molecule has 0 radical (unpaired) electrons. The lowest BCUT2D eigenvalue weighted by Crippen LogP contribution is -2.19. The van der Waals surface area contributed by atoms with Gasteiger partial charge in [0.05, 0.1) is 44.7 Å². The Morgan fingerprint density at radius 2 is 0.930 bits per heavy atom. The van der Waals surface area contributed by atoms with Crippen molar-refractivity contribution in [3.8, 4) is 23.0 Å². The summed E-state index contributed by atoms with van der Waals surface area (Å²) in [5.41, 5.74) is 6.69. The summed E-state index contributed by atoms with van der Waals surface area (Å²) in [7, 11) is -4.02. The smallest absolute Gasteiger partial charge is 0.231 e. The van der Waals surface area contributed by atoms with Crippen LogP contribution in [0.15, 0.2) is 153 Å². The van der Waals surface area contributed by atoms with Crippen molar-refractivity contribution in [3.63, 3.8) is 0 Å². The Balaban J connectivity index is 1.00. The fourth-order valence-corrected chi connectivity index (χ4v) is 9.20.